The van der Waals surface area contributed by atoms with Crippen LogP contribution in [0.4, 0.5) is 0 Å². The van der Waals surface area contributed by atoms with E-state index in [1.54, 1.807) is 7.05 Å². The van der Waals surface area contributed by atoms with Crippen molar-refractivity contribution in [2.75, 3.05) is 26.7 Å². The van der Waals surface area contributed by atoms with Crippen LogP contribution in [-0.4, -0.2) is 37.5 Å². The highest BCUT2D eigenvalue weighted by molar-refractivity contribution is 5.77. The molecule has 4 nitrogen and oxygen atoms in total. The van der Waals surface area contributed by atoms with Gasteiger partial charge in [-0.15, -0.1) is 0 Å². The van der Waals surface area contributed by atoms with Crippen LogP contribution < -0.4 is 10.6 Å². The normalized spacial score (nSPS) is 16.4. The molecule has 1 aliphatic heterocycles. The molecule has 1 aromatic carbocycles. The molecule has 0 radical (unpaired) electrons. The highest BCUT2D eigenvalue weighted by atomic mass is 16.1. The van der Waals surface area contributed by atoms with E-state index in [1.807, 2.05) is 0 Å². The first kappa shape index (κ1) is 16.0. The number of hydrogen-bond acceptors (Lipinski definition) is 3. The second kappa shape index (κ2) is 8.80. The van der Waals surface area contributed by atoms with Gasteiger partial charge >= 0.3 is 0 Å². The fourth-order valence-corrected chi connectivity index (χ4v) is 2.74. The maximum atomic E-state index is 11.4. The molecule has 0 atom stereocenters. The quantitative estimate of drug-likeness (QED) is 0.840. The summed E-state index contributed by atoms with van der Waals surface area (Å²) < 4.78 is 0. The molecule has 116 valence electrons. The van der Waals surface area contributed by atoms with E-state index in [1.165, 1.54) is 44.3 Å². The van der Waals surface area contributed by atoms with Crippen LogP contribution in [0.3, 0.4) is 0 Å². The molecule has 21 heavy (non-hydrogen) atoms. The lowest BCUT2D eigenvalue weighted by molar-refractivity contribution is -0.120. The van der Waals surface area contributed by atoms with Gasteiger partial charge in [-0.2, -0.15) is 0 Å². The number of hydrogen-bond donors (Lipinski definition) is 2. The van der Waals surface area contributed by atoms with E-state index in [2.05, 4.69) is 39.8 Å². The molecule has 1 aromatic rings. The van der Waals surface area contributed by atoms with Crippen molar-refractivity contribution in [1.82, 2.24) is 15.5 Å². The van der Waals surface area contributed by atoms with E-state index in [0.717, 1.165) is 12.1 Å². The Labute approximate surface area is 127 Å². The Kier molecular flexibility index (Phi) is 6.70. The minimum absolute atomic E-state index is 0.0335. The molecular weight excluding hydrogens is 262 g/mol. The zero-order chi connectivity index (χ0) is 14.9. The largest absolute Gasteiger partial charge is 0.351 e. The van der Waals surface area contributed by atoms with Crippen molar-refractivity contribution < 1.29 is 4.79 Å². The van der Waals surface area contributed by atoms with Crippen molar-refractivity contribution in [3.8, 4) is 0 Å². The number of likely N-dealkylation sites (tertiary alicyclic amines) is 1. The number of nitrogens with zero attached hydrogens (tertiary/aromatic N) is 1. The summed E-state index contributed by atoms with van der Waals surface area (Å²) in [4.78, 5) is 14.0. The van der Waals surface area contributed by atoms with Crippen LogP contribution in [0.2, 0.25) is 0 Å². The molecule has 1 heterocycles. The lowest BCUT2D eigenvalue weighted by Crippen LogP contribution is -2.31. The molecule has 0 aliphatic carbocycles. The lowest BCUT2D eigenvalue weighted by Gasteiger charge is -2.19. The van der Waals surface area contributed by atoms with Crippen LogP contribution in [0.15, 0.2) is 24.3 Å². The van der Waals surface area contributed by atoms with Crippen molar-refractivity contribution in [2.45, 2.75) is 38.8 Å². The predicted octanol–water partition coefficient (Wildman–Crippen LogP) is 1.90. The summed E-state index contributed by atoms with van der Waals surface area (Å²) in [5, 5.41) is 5.74. The van der Waals surface area contributed by atoms with E-state index in [9.17, 15) is 4.79 Å². The van der Waals surface area contributed by atoms with Gasteiger partial charge in [-0.25, -0.2) is 0 Å². The van der Waals surface area contributed by atoms with E-state index in [4.69, 9.17) is 0 Å². The smallest absolute Gasteiger partial charge is 0.234 e. The third-order valence-corrected chi connectivity index (χ3v) is 3.95. The molecule has 4 heteroatoms. The zero-order valence-electron chi connectivity index (χ0n) is 13.0. The number of likely N-dealkylation sites (N-methyl/N-ethyl adjacent to an activating group) is 1. The second-order valence-corrected chi connectivity index (χ2v) is 5.81. The monoisotopic (exact) mass is 289 g/mol. The van der Waals surface area contributed by atoms with Gasteiger partial charge in [0.25, 0.3) is 0 Å². The van der Waals surface area contributed by atoms with E-state index in [0.29, 0.717) is 13.1 Å². The molecular formula is C17H27N3O. The molecule has 0 unspecified atom stereocenters. The molecule has 1 aliphatic rings. The third-order valence-electron chi connectivity index (χ3n) is 3.95. The van der Waals surface area contributed by atoms with Crippen molar-refractivity contribution in [1.29, 1.82) is 0 Å². The van der Waals surface area contributed by atoms with Gasteiger partial charge in [0.1, 0.15) is 0 Å². The Hall–Kier alpha value is -1.39. The number of benzene rings is 1. The van der Waals surface area contributed by atoms with Gasteiger partial charge in [-0.05, 0) is 44.1 Å². The summed E-state index contributed by atoms with van der Waals surface area (Å²) in [6, 6.07) is 8.61. The summed E-state index contributed by atoms with van der Waals surface area (Å²) in [5.41, 5.74) is 2.52. The van der Waals surface area contributed by atoms with Crippen molar-refractivity contribution in [3.63, 3.8) is 0 Å². The topological polar surface area (TPSA) is 44.4 Å². The minimum Gasteiger partial charge on any atom is -0.351 e. The van der Waals surface area contributed by atoms with Gasteiger partial charge in [-0.1, -0.05) is 37.1 Å². The number of nitrogens with one attached hydrogen (secondary N) is 2. The van der Waals surface area contributed by atoms with Crippen LogP contribution in [0.5, 0.6) is 0 Å². The van der Waals surface area contributed by atoms with Gasteiger partial charge in [0, 0.05) is 13.1 Å². The Morgan fingerprint density at radius 2 is 1.67 bits per heavy atom. The third kappa shape index (κ3) is 5.86. The number of rotatable bonds is 6. The first-order valence-electron chi connectivity index (χ1n) is 7.99. The lowest BCUT2D eigenvalue weighted by atomic mass is 10.1. The molecule has 0 saturated carbocycles. The standard InChI is InChI=1S/C17H27N3O/c1-18-13-17(21)19-12-15-6-8-16(9-7-15)14-20-10-4-2-3-5-11-20/h6-9,18H,2-5,10-14H2,1H3,(H,19,21). The summed E-state index contributed by atoms with van der Waals surface area (Å²) >= 11 is 0. The summed E-state index contributed by atoms with van der Waals surface area (Å²) in [7, 11) is 1.78. The maximum absolute atomic E-state index is 11.4. The average Bonchev–Trinajstić information content (AvgIpc) is 2.76. The van der Waals surface area contributed by atoms with Crippen LogP contribution in [0.25, 0.3) is 0 Å². The number of carbonyl (C=O) groups excluding carboxylic acids is 1. The van der Waals surface area contributed by atoms with E-state index < -0.39 is 0 Å². The Morgan fingerprint density at radius 3 is 2.29 bits per heavy atom. The van der Waals surface area contributed by atoms with Crippen molar-refractivity contribution in [3.05, 3.63) is 35.4 Å². The molecule has 0 bridgehead atoms. The summed E-state index contributed by atoms with van der Waals surface area (Å²) in [6.07, 6.45) is 5.41. The zero-order valence-corrected chi connectivity index (χ0v) is 13.0. The average molecular weight is 289 g/mol. The van der Waals surface area contributed by atoms with Crippen LogP contribution >= 0.6 is 0 Å². The van der Waals surface area contributed by atoms with Crippen LogP contribution in [0.1, 0.15) is 36.8 Å². The molecule has 1 fully saturated rings. The van der Waals surface area contributed by atoms with Crippen molar-refractivity contribution >= 4 is 5.91 Å². The predicted molar refractivity (Wildman–Crippen MR) is 86.0 cm³/mol. The molecule has 0 spiro atoms. The highest BCUT2D eigenvalue weighted by Gasteiger charge is 2.09. The van der Waals surface area contributed by atoms with Gasteiger partial charge in [-0.3, -0.25) is 9.69 Å². The Morgan fingerprint density at radius 1 is 1.05 bits per heavy atom. The SMILES string of the molecule is CNCC(=O)NCc1ccc(CN2CCCCCC2)cc1. The summed E-state index contributed by atoms with van der Waals surface area (Å²) in [6.45, 7) is 4.47. The molecule has 1 saturated heterocycles. The molecule has 2 N–H and O–H groups in total. The minimum atomic E-state index is 0.0335. The fourth-order valence-electron chi connectivity index (χ4n) is 2.74. The fraction of sp³-hybridized carbons (Fsp3) is 0.588. The van der Waals surface area contributed by atoms with Gasteiger partial charge in [0.2, 0.25) is 5.91 Å². The van der Waals surface area contributed by atoms with E-state index in [-0.39, 0.29) is 5.91 Å². The van der Waals surface area contributed by atoms with Gasteiger partial charge in [0.05, 0.1) is 6.54 Å². The Balaban J connectivity index is 1.79. The first-order valence-corrected chi connectivity index (χ1v) is 7.99. The van der Waals surface area contributed by atoms with Crippen LogP contribution in [0, 0.1) is 0 Å². The molecule has 0 aromatic heterocycles. The maximum Gasteiger partial charge on any atom is 0.234 e. The highest BCUT2D eigenvalue weighted by Crippen LogP contribution is 2.13. The summed E-state index contributed by atoms with van der Waals surface area (Å²) in [5.74, 6) is 0.0335. The first-order chi connectivity index (χ1) is 10.3. The number of carbonyl (C=O) groups is 1. The van der Waals surface area contributed by atoms with Crippen LogP contribution in [-0.2, 0) is 17.9 Å². The van der Waals surface area contributed by atoms with Gasteiger partial charge < -0.3 is 10.6 Å². The Bertz CT molecular complexity index is 422. The van der Waals surface area contributed by atoms with Crippen molar-refractivity contribution in [2.24, 2.45) is 0 Å². The van der Waals surface area contributed by atoms with E-state index >= 15 is 0 Å². The second-order valence-electron chi connectivity index (χ2n) is 5.81. The number of amides is 1. The molecule has 2 rings (SSSR count). The molecule has 1 amide bonds. The van der Waals surface area contributed by atoms with Gasteiger partial charge in [0.15, 0.2) is 0 Å².